The Kier molecular flexibility index (Phi) is 4.61. The molecule has 1 aromatic rings. The average molecular weight is 267 g/mol. The lowest BCUT2D eigenvalue weighted by molar-refractivity contribution is 0.0541. The van der Waals surface area contributed by atoms with Gasteiger partial charge in [0, 0.05) is 19.3 Å². The summed E-state index contributed by atoms with van der Waals surface area (Å²) in [6, 6.07) is 3.58. The zero-order valence-electron chi connectivity index (χ0n) is 11.4. The van der Waals surface area contributed by atoms with Crippen LogP contribution >= 0.6 is 0 Å². The Morgan fingerprint density at radius 1 is 1.37 bits per heavy atom. The fourth-order valence-electron chi connectivity index (χ4n) is 2.53. The molecule has 0 amide bonds. The van der Waals surface area contributed by atoms with Gasteiger partial charge in [-0.2, -0.15) is 0 Å². The monoisotopic (exact) mass is 267 g/mol. The van der Waals surface area contributed by atoms with E-state index >= 15 is 0 Å². The lowest BCUT2D eigenvalue weighted by Gasteiger charge is -2.30. The number of rotatable bonds is 5. The van der Waals surface area contributed by atoms with Gasteiger partial charge >= 0.3 is 5.97 Å². The van der Waals surface area contributed by atoms with Crippen molar-refractivity contribution in [1.29, 1.82) is 0 Å². The molecule has 0 radical (unpaired) electrons. The molecule has 1 saturated heterocycles. The molecule has 5 nitrogen and oxygen atoms in total. The van der Waals surface area contributed by atoms with Crippen LogP contribution in [0.4, 0.5) is 0 Å². The number of carboxylic acid groups (broad SMARTS) is 1. The zero-order chi connectivity index (χ0) is 13.8. The minimum Gasteiger partial charge on any atom is -0.475 e. The van der Waals surface area contributed by atoms with Crippen LogP contribution in [-0.2, 0) is 4.74 Å². The van der Waals surface area contributed by atoms with Crippen LogP contribution in [0.25, 0.3) is 0 Å². The van der Waals surface area contributed by atoms with Gasteiger partial charge in [-0.25, -0.2) is 4.79 Å². The predicted octanol–water partition coefficient (Wildman–Crippen LogP) is 2.44. The van der Waals surface area contributed by atoms with Crippen LogP contribution in [0.3, 0.4) is 0 Å². The Balaban J connectivity index is 1.91. The Morgan fingerprint density at radius 2 is 2.05 bits per heavy atom. The van der Waals surface area contributed by atoms with Crippen molar-refractivity contribution < 1.29 is 19.1 Å². The van der Waals surface area contributed by atoms with Gasteiger partial charge in [0.25, 0.3) is 0 Å². The Bertz CT molecular complexity index is 423. The van der Waals surface area contributed by atoms with E-state index in [1.165, 1.54) is 6.07 Å². The number of hydrogen-bond acceptors (Lipinski definition) is 4. The van der Waals surface area contributed by atoms with E-state index in [1.54, 1.807) is 6.07 Å². The number of nitrogens with one attached hydrogen (secondary N) is 1. The molecule has 1 fully saturated rings. The molecule has 1 aliphatic rings. The fourth-order valence-corrected chi connectivity index (χ4v) is 2.53. The third kappa shape index (κ3) is 3.58. The minimum absolute atomic E-state index is 0.00550. The van der Waals surface area contributed by atoms with E-state index in [2.05, 4.69) is 12.2 Å². The third-order valence-electron chi connectivity index (χ3n) is 3.75. The molecule has 1 aliphatic heterocycles. The SMILES string of the molecule is CC(NC(C)C1CCOCC1)c1ccc(C(=O)O)o1. The van der Waals surface area contributed by atoms with Gasteiger partial charge in [-0.3, -0.25) is 0 Å². The van der Waals surface area contributed by atoms with E-state index in [9.17, 15) is 4.79 Å². The molecule has 2 rings (SSSR count). The van der Waals surface area contributed by atoms with Crippen molar-refractivity contribution in [3.05, 3.63) is 23.7 Å². The highest BCUT2D eigenvalue weighted by molar-refractivity contribution is 5.84. The molecule has 106 valence electrons. The highest BCUT2D eigenvalue weighted by atomic mass is 16.5. The minimum atomic E-state index is -1.03. The summed E-state index contributed by atoms with van der Waals surface area (Å²) in [5.74, 6) is 0.222. The fraction of sp³-hybridized carbons (Fsp3) is 0.643. The van der Waals surface area contributed by atoms with Crippen molar-refractivity contribution in [1.82, 2.24) is 5.32 Å². The van der Waals surface area contributed by atoms with E-state index in [0.29, 0.717) is 17.7 Å². The van der Waals surface area contributed by atoms with Crippen molar-refractivity contribution in [3.8, 4) is 0 Å². The summed E-state index contributed by atoms with van der Waals surface area (Å²) in [4.78, 5) is 10.8. The van der Waals surface area contributed by atoms with E-state index in [1.807, 2.05) is 6.92 Å². The van der Waals surface area contributed by atoms with Gasteiger partial charge in [-0.05, 0) is 44.7 Å². The number of ether oxygens (including phenoxy) is 1. The number of carboxylic acids is 1. The second kappa shape index (κ2) is 6.21. The van der Waals surface area contributed by atoms with Crippen LogP contribution in [-0.4, -0.2) is 30.3 Å². The summed E-state index contributed by atoms with van der Waals surface area (Å²) < 4.78 is 10.7. The number of aromatic carboxylic acids is 1. The highest BCUT2D eigenvalue weighted by Gasteiger charge is 2.23. The molecule has 0 spiro atoms. The van der Waals surface area contributed by atoms with Gasteiger partial charge < -0.3 is 19.6 Å². The normalized spacial score (nSPS) is 20.1. The number of furan rings is 1. The third-order valence-corrected chi connectivity index (χ3v) is 3.75. The quantitative estimate of drug-likeness (QED) is 0.857. The summed E-state index contributed by atoms with van der Waals surface area (Å²) in [5.41, 5.74) is 0. The molecule has 2 heterocycles. The largest absolute Gasteiger partial charge is 0.475 e. The van der Waals surface area contributed by atoms with Crippen LogP contribution in [0.1, 0.15) is 49.0 Å². The van der Waals surface area contributed by atoms with Gasteiger partial charge in [0.05, 0.1) is 6.04 Å². The average Bonchev–Trinajstić information content (AvgIpc) is 2.89. The van der Waals surface area contributed by atoms with Crippen molar-refractivity contribution >= 4 is 5.97 Å². The molecule has 2 N–H and O–H groups in total. The molecule has 1 aromatic heterocycles. The van der Waals surface area contributed by atoms with E-state index < -0.39 is 5.97 Å². The topological polar surface area (TPSA) is 71.7 Å². The summed E-state index contributed by atoms with van der Waals surface area (Å²) in [6.07, 6.45) is 2.14. The smallest absolute Gasteiger partial charge is 0.371 e. The molecule has 0 saturated carbocycles. The molecular formula is C14H21NO4. The molecule has 2 atom stereocenters. The maximum Gasteiger partial charge on any atom is 0.371 e. The standard InChI is InChI=1S/C14H21NO4/c1-9(11-5-7-18-8-6-11)15-10(2)12-3-4-13(19-12)14(16)17/h3-4,9-11,15H,5-8H2,1-2H3,(H,16,17). The Morgan fingerprint density at radius 3 is 2.63 bits per heavy atom. The zero-order valence-corrected chi connectivity index (χ0v) is 11.4. The first kappa shape index (κ1) is 14.1. The van der Waals surface area contributed by atoms with Crippen molar-refractivity contribution in [2.45, 2.75) is 38.8 Å². The lowest BCUT2D eigenvalue weighted by Crippen LogP contribution is -2.38. The number of carbonyl (C=O) groups is 1. The first-order valence-electron chi connectivity index (χ1n) is 6.74. The number of hydrogen-bond donors (Lipinski definition) is 2. The maximum absolute atomic E-state index is 10.8. The predicted molar refractivity (Wildman–Crippen MR) is 70.2 cm³/mol. The lowest BCUT2D eigenvalue weighted by atomic mass is 9.92. The van der Waals surface area contributed by atoms with Crippen LogP contribution in [0, 0.1) is 5.92 Å². The van der Waals surface area contributed by atoms with Crippen molar-refractivity contribution in [2.75, 3.05) is 13.2 Å². The second-order valence-electron chi connectivity index (χ2n) is 5.13. The van der Waals surface area contributed by atoms with Crippen LogP contribution in [0.15, 0.2) is 16.5 Å². The van der Waals surface area contributed by atoms with Crippen molar-refractivity contribution in [3.63, 3.8) is 0 Å². The van der Waals surface area contributed by atoms with Crippen LogP contribution in [0.2, 0.25) is 0 Å². The van der Waals surface area contributed by atoms with Gasteiger partial charge in [-0.15, -0.1) is 0 Å². The first-order valence-corrected chi connectivity index (χ1v) is 6.74. The van der Waals surface area contributed by atoms with E-state index in [0.717, 1.165) is 26.1 Å². The molecule has 19 heavy (non-hydrogen) atoms. The van der Waals surface area contributed by atoms with Crippen LogP contribution < -0.4 is 5.32 Å². The summed E-state index contributed by atoms with van der Waals surface area (Å²) in [6.45, 7) is 5.80. The summed E-state index contributed by atoms with van der Waals surface area (Å²) in [5, 5.41) is 12.3. The molecular weight excluding hydrogens is 246 g/mol. The molecule has 0 bridgehead atoms. The molecule has 2 unspecified atom stereocenters. The van der Waals surface area contributed by atoms with E-state index in [4.69, 9.17) is 14.3 Å². The maximum atomic E-state index is 10.8. The first-order chi connectivity index (χ1) is 9.08. The summed E-state index contributed by atoms with van der Waals surface area (Å²) >= 11 is 0. The molecule has 5 heteroatoms. The van der Waals surface area contributed by atoms with Crippen LogP contribution in [0.5, 0.6) is 0 Å². The second-order valence-corrected chi connectivity index (χ2v) is 5.13. The summed E-state index contributed by atoms with van der Waals surface area (Å²) in [7, 11) is 0. The van der Waals surface area contributed by atoms with Gasteiger partial charge in [0.1, 0.15) is 5.76 Å². The molecule has 0 aliphatic carbocycles. The van der Waals surface area contributed by atoms with E-state index in [-0.39, 0.29) is 11.8 Å². The molecule has 0 aromatic carbocycles. The Hall–Kier alpha value is -1.33. The Labute approximate surface area is 112 Å². The van der Waals surface area contributed by atoms with Gasteiger partial charge in [-0.1, -0.05) is 0 Å². The van der Waals surface area contributed by atoms with Gasteiger partial charge in [0.2, 0.25) is 5.76 Å². The highest BCUT2D eigenvalue weighted by Crippen LogP contribution is 2.22. The van der Waals surface area contributed by atoms with Gasteiger partial charge in [0.15, 0.2) is 0 Å². The van der Waals surface area contributed by atoms with Crippen molar-refractivity contribution in [2.24, 2.45) is 5.92 Å².